The number of esters is 1. The maximum atomic E-state index is 13.3. The molecule has 1 aliphatic heterocycles. The summed E-state index contributed by atoms with van der Waals surface area (Å²) < 4.78 is 10.6. The van der Waals surface area contributed by atoms with E-state index in [-0.39, 0.29) is 30.0 Å². The number of hydrogen-bond donors (Lipinski definition) is 1. The van der Waals surface area contributed by atoms with Crippen LogP contribution in [-0.2, 0) is 14.3 Å². The van der Waals surface area contributed by atoms with E-state index in [0.29, 0.717) is 30.1 Å². The Morgan fingerprint density at radius 1 is 1.11 bits per heavy atom. The average molecular weight is 496 g/mol. The van der Waals surface area contributed by atoms with Crippen LogP contribution in [0.5, 0.6) is 5.75 Å². The van der Waals surface area contributed by atoms with E-state index in [1.54, 1.807) is 66.4 Å². The summed E-state index contributed by atoms with van der Waals surface area (Å²) in [5.74, 6) is -0.355. The Hall–Kier alpha value is -3.72. The standard InChI is InChI=1S/C26H29N3O5S/c1-4-15-28-22(17-23(30)27-19-9-13-21(14-10-19)34-16-5-2)24(31)29(26(28)35)20-11-7-18(8-12-20)25(32)33-6-3/h4,7-14,22H,1,5-6,15-17H2,2-3H3,(H,27,30). The number of carbonyl (C=O) groups is 3. The van der Waals surface area contributed by atoms with Crippen LogP contribution in [-0.4, -0.2) is 53.6 Å². The molecule has 2 aromatic carbocycles. The molecular weight excluding hydrogens is 466 g/mol. The number of hydrogen-bond acceptors (Lipinski definition) is 6. The van der Waals surface area contributed by atoms with Gasteiger partial charge in [0.15, 0.2) is 5.11 Å². The van der Waals surface area contributed by atoms with Crippen LogP contribution in [0.1, 0.15) is 37.0 Å². The Kier molecular flexibility index (Phi) is 8.97. The summed E-state index contributed by atoms with van der Waals surface area (Å²) >= 11 is 5.57. The van der Waals surface area contributed by atoms with Crippen LogP contribution >= 0.6 is 12.2 Å². The van der Waals surface area contributed by atoms with Crippen LogP contribution in [0.25, 0.3) is 0 Å². The molecule has 0 radical (unpaired) electrons. The lowest BCUT2D eigenvalue weighted by Gasteiger charge is -2.22. The molecule has 0 bridgehead atoms. The highest BCUT2D eigenvalue weighted by Crippen LogP contribution is 2.28. The third kappa shape index (κ3) is 6.24. The zero-order valence-electron chi connectivity index (χ0n) is 19.9. The lowest BCUT2D eigenvalue weighted by atomic mass is 10.1. The minimum atomic E-state index is -0.780. The summed E-state index contributed by atoms with van der Waals surface area (Å²) in [6, 6.07) is 12.7. The van der Waals surface area contributed by atoms with Gasteiger partial charge in [-0.2, -0.15) is 0 Å². The highest BCUT2D eigenvalue weighted by molar-refractivity contribution is 7.80. The molecule has 3 rings (SSSR count). The number of anilines is 2. The molecule has 1 unspecified atom stereocenters. The molecule has 0 aliphatic carbocycles. The van der Waals surface area contributed by atoms with E-state index in [1.807, 2.05) is 6.92 Å². The smallest absolute Gasteiger partial charge is 0.338 e. The molecule has 35 heavy (non-hydrogen) atoms. The molecule has 0 aromatic heterocycles. The molecule has 2 amide bonds. The van der Waals surface area contributed by atoms with Crippen LogP contribution < -0.4 is 15.0 Å². The summed E-state index contributed by atoms with van der Waals surface area (Å²) in [5.41, 5.74) is 1.49. The second kappa shape index (κ2) is 12.1. The van der Waals surface area contributed by atoms with Gasteiger partial charge in [0, 0.05) is 12.2 Å². The van der Waals surface area contributed by atoms with Gasteiger partial charge >= 0.3 is 5.97 Å². The molecule has 2 aromatic rings. The first kappa shape index (κ1) is 25.9. The fourth-order valence-corrected chi connectivity index (χ4v) is 4.02. The van der Waals surface area contributed by atoms with E-state index in [2.05, 4.69) is 11.9 Å². The van der Waals surface area contributed by atoms with Crippen molar-refractivity contribution >= 4 is 46.5 Å². The minimum absolute atomic E-state index is 0.0850. The zero-order chi connectivity index (χ0) is 25.4. The van der Waals surface area contributed by atoms with E-state index in [4.69, 9.17) is 21.7 Å². The van der Waals surface area contributed by atoms with E-state index >= 15 is 0 Å². The summed E-state index contributed by atoms with van der Waals surface area (Å²) in [5, 5.41) is 3.10. The number of ether oxygens (including phenoxy) is 2. The number of thiocarbonyl (C=S) groups is 1. The van der Waals surface area contributed by atoms with Gasteiger partial charge in [-0.1, -0.05) is 13.0 Å². The summed E-state index contributed by atoms with van der Waals surface area (Å²) in [7, 11) is 0. The Morgan fingerprint density at radius 2 is 1.80 bits per heavy atom. The average Bonchev–Trinajstić information content (AvgIpc) is 3.08. The second-order valence-electron chi connectivity index (χ2n) is 7.81. The first-order valence-electron chi connectivity index (χ1n) is 11.4. The lowest BCUT2D eigenvalue weighted by molar-refractivity contribution is -0.124. The normalized spacial score (nSPS) is 15.2. The first-order valence-corrected chi connectivity index (χ1v) is 11.9. The Morgan fingerprint density at radius 3 is 2.40 bits per heavy atom. The molecule has 1 atom stereocenters. The molecule has 1 fully saturated rings. The molecule has 1 saturated heterocycles. The summed E-state index contributed by atoms with van der Waals surface area (Å²) in [6.07, 6.45) is 2.45. The van der Waals surface area contributed by atoms with Gasteiger partial charge < -0.3 is 19.7 Å². The molecule has 0 spiro atoms. The van der Waals surface area contributed by atoms with Crippen molar-refractivity contribution in [3.63, 3.8) is 0 Å². The SMILES string of the molecule is C=CCN1C(=S)N(c2ccc(C(=O)OCC)cc2)C(=O)C1CC(=O)Nc1ccc(OCCC)cc1. The van der Waals surface area contributed by atoms with Crippen LogP contribution in [0.15, 0.2) is 61.2 Å². The maximum Gasteiger partial charge on any atom is 0.338 e. The monoisotopic (exact) mass is 495 g/mol. The van der Waals surface area contributed by atoms with E-state index in [0.717, 1.165) is 12.2 Å². The molecule has 1 N–H and O–H groups in total. The third-order valence-electron chi connectivity index (χ3n) is 5.27. The van der Waals surface area contributed by atoms with Crippen LogP contribution in [0.4, 0.5) is 11.4 Å². The molecular formula is C26H29N3O5S. The Bertz CT molecular complexity index is 1090. The predicted molar refractivity (Wildman–Crippen MR) is 139 cm³/mol. The number of carbonyl (C=O) groups excluding carboxylic acids is 3. The summed E-state index contributed by atoms with van der Waals surface area (Å²) in [6.45, 7) is 8.71. The van der Waals surface area contributed by atoms with Gasteiger partial charge in [-0.15, -0.1) is 6.58 Å². The fourth-order valence-electron chi connectivity index (χ4n) is 3.62. The Labute approximate surface area is 210 Å². The maximum absolute atomic E-state index is 13.3. The quantitative estimate of drug-likeness (QED) is 0.284. The van der Waals surface area contributed by atoms with E-state index < -0.39 is 12.0 Å². The number of nitrogens with zero attached hydrogens (tertiary/aromatic N) is 2. The zero-order valence-corrected chi connectivity index (χ0v) is 20.7. The summed E-state index contributed by atoms with van der Waals surface area (Å²) in [4.78, 5) is 41.1. The van der Waals surface area contributed by atoms with Crippen molar-refractivity contribution in [3.05, 3.63) is 66.7 Å². The van der Waals surface area contributed by atoms with E-state index in [1.165, 1.54) is 4.90 Å². The van der Waals surface area contributed by atoms with Crippen molar-refractivity contribution in [1.29, 1.82) is 0 Å². The predicted octanol–water partition coefficient (Wildman–Crippen LogP) is 4.17. The molecule has 1 aliphatic rings. The van der Waals surface area contributed by atoms with Crippen LogP contribution in [0.3, 0.4) is 0 Å². The van der Waals surface area contributed by atoms with Gasteiger partial charge in [-0.25, -0.2) is 4.79 Å². The highest BCUT2D eigenvalue weighted by atomic mass is 32.1. The van der Waals surface area contributed by atoms with Gasteiger partial charge in [0.05, 0.1) is 30.9 Å². The van der Waals surface area contributed by atoms with Crippen molar-refractivity contribution in [3.8, 4) is 5.75 Å². The fraction of sp³-hybridized carbons (Fsp3) is 0.308. The van der Waals surface area contributed by atoms with Crippen molar-refractivity contribution in [2.24, 2.45) is 0 Å². The highest BCUT2D eigenvalue weighted by Gasteiger charge is 2.43. The molecule has 9 heteroatoms. The number of amides is 2. The largest absolute Gasteiger partial charge is 0.494 e. The van der Waals surface area contributed by atoms with Crippen molar-refractivity contribution in [2.45, 2.75) is 32.7 Å². The minimum Gasteiger partial charge on any atom is -0.494 e. The number of benzene rings is 2. The molecule has 184 valence electrons. The topological polar surface area (TPSA) is 88.2 Å². The van der Waals surface area contributed by atoms with Crippen LogP contribution in [0, 0.1) is 0 Å². The van der Waals surface area contributed by atoms with E-state index in [9.17, 15) is 14.4 Å². The van der Waals surface area contributed by atoms with Gasteiger partial charge in [0.2, 0.25) is 5.91 Å². The van der Waals surface area contributed by atoms with Gasteiger partial charge in [-0.3, -0.25) is 14.5 Å². The number of rotatable bonds is 11. The van der Waals surface area contributed by atoms with Gasteiger partial charge in [-0.05, 0) is 74.1 Å². The Balaban J connectivity index is 1.72. The lowest BCUT2D eigenvalue weighted by Crippen LogP contribution is -2.37. The van der Waals surface area contributed by atoms with Crippen molar-refractivity contribution in [2.75, 3.05) is 30.0 Å². The van der Waals surface area contributed by atoms with Gasteiger partial charge in [0.1, 0.15) is 11.8 Å². The van der Waals surface area contributed by atoms with Crippen molar-refractivity contribution in [1.82, 2.24) is 4.90 Å². The molecule has 1 heterocycles. The van der Waals surface area contributed by atoms with Crippen LogP contribution in [0.2, 0.25) is 0 Å². The van der Waals surface area contributed by atoms with Gasteiger partial charge in [0.25, 0.3) is 5.91 Å². The van der Waals surface area contributed by atoms with Crippen molar-refractivity contribution < 1.29 is 23.9 Å². The third-order valence-corrected chi connectivity index (χ3v) is 5.69. The molecule has 0 saturated carbocycles. The molecule has 8 nitrogen and oxygen atoms in total. The second-order valence-corrected chi connectivity index (χ2v) is 8.17. The number of nitrogens with one attached hydrogen (secondary N) is 1. The first-order chi connectivity index (χ1) is 16.9.